The molecule has 0 amide bonds. The van der Waals surface area contributed by atoms with Crippen LogP contribution in [0.2, 0.25) is 0 Å². The van der Waals surface area contributed by atoms with Gasteiger partial charge in [0.05, 0.1) is 16.7 Å². The van der Waals surface area contributed by atoms with Crippen molar-refractivity contribution in [1.29, 1.82) is 0 Å². The summed E-state index contributed by atoms with van der Waals surface area (Å²) in [5, 5.41) is 7.18. The van der Waals surface area contributed by atoms with Crippen molar-refractivity contribution in [2.45, 2.75) is 0 Å². The van der Waals surface area contributed by atoms with Gasteiger partial charge in [0, 0.05) is 53.2 Å². The molecule has 0 saturated carbocycles. The van der Waals surface area contributed by atoms with Crippen molar-refractivity contribution >= 4 is 64.1 Å². The van der Waals surface area contributed by atoms with Crippen LogP contribution in [0.25, 0.3) is 115 Å². The van der Waals surface area contributed by atoms with Crippen molar-refractivity contribution in [3.05, 3.63) is 206 Å². The van der Waals surface area contributed by atoms with E-state index in [2.05, 4.69) is 193 Å². The molecule has 3 aromatic heterocycles. The maximum absolute atomic E-state index is 5.39. The maximum Gasteiger partial charge on any atom is 0.164 e. The Kier molecular flexibility index (Phi) is 8.00. The Bertz CT molecular complexity index is 3550. The van der Waals surface area contributed by atoms with Crippen molar-refractivity contribution < 1.29 is 0 Å². The van der Waals surface area contributed by atoms with Gasteiger partial charge in [0.1, 0.15) is 0 Å². The molecule has 0 spiro atoms. The minimum atomic E-state index is 0.619. The number of aromatic nitrogens is 4. The largest absolute Gasteiger partial charge is 0.309 e. The fourth-order valence-electron chi connectivity index (χ4n) is 8.90. The smallest absolute Gasteiger partial charge is 0.164 e. The third-order valence-electron chi connectivity index (χ3n) is 11.6. The summed E-state index contributed by atoms with van der Waals surface area (Å²) in [6.07, 6.45) is 0. The van der Waals surface area contributed by atoms with Gasteiger partial charge in [-0.25, -0.2) is 15.0 Å². The van der Waals surface area contributed by atoms with Crippen LogP contribution >= 0.6 is 11.3 Å². The van der Waals surface area contributed by atoms with Crippen LogP contribution in [0.1, 0.15) is 0 Å². The molecule has 280 valence electrons. The molecule has 60 heavy (non-hydrogen) atoms. The second-order valence-corrected chi connectivity index (χ2v) is 16.2. The van der Waals surface area contributed by atoms with Crippen molar-refractivity contribution in [3.63, 3.8) is 0 Å². The lowest BCUT2D eigenvalue weighted by molar-refractivity contribution is 1.07. The molecular weight excluding hydrogens is 749 g/mol. The molecule has 0 aliphatic carbocycles. The number of hydrogen-bond acceptors (Lipinski definition) is 4. The standard InChI is InChI=1S/C55H34N4S/c1-3-16-35(17-4-1)52-44-26-8-7-22-40(44)46(34-49(52)59-47-27-12-9-23-41(47)42-24-10-13-28-48(42)59)55-57-53(36-18-5-2-6-19-36)56-54(58-55)39-21-15-20-37(32-39)38-30-31-51-45(33-38)43-25-11-14-29-50(43)60-51/h1-34H. The Labute approximate surface area is 350 Å². The zero-order chi connectivity index (χ0) is 39.6. The zero-order valence-corrected chi connectivity index (χ0v) is 33.1. The summed E-state index contributed by atoms with van der Waals surface area (Å²) in [4.78, 5) is 15.9. The quantitative estimate of drug-likeness (QED) is 0.169. The second-order valence-electron chi connectivity index (χ2n) is 15.2. The van der Waals surface area contributed by atoms with E-state index in [0.29, 0.717) is 17.5 Å². The molecule has 12 rings (SSSR count). The number of rotatable bonds is 6. The summed E-state index contributed by atoms with van der Waals surface area (Å²) in [6.45, 7) is 0. The number of fused-ring (bicyclic) bond motifs is 7. The van der Waals surface area contributed by atoms with Gasteiger partial charge in [0.15, 0.2) is 17.5 Å². The van der Waals surface area contributed by atoms with Crippen molar-refractivity contribution in [1.82, 2.24) is 19.5 Å². The normalized spacial score (nSPS) is 11.7. The van der Waals surface area contributed by atoms with Crippen LogP contribution in [0.4, 0.5) is 0 Å². The molecule has 0 atom stereocenters. The highest BCUT2D eigenvalue weighted by atomic mass is 32.1. The van der Waals surface area contributed by atoms with E-state index in [9.17, 15) is 0 Å². The van der Waals surface area contributed by atoms with Gasteiger partial charge in [0.25, 0.3) is 0 Å². The molecule has 0 N–H and O–H groups in total. The molecular formula is C55H34N4S. The van der Waals surface area contributed by atoms with E-state index in [1.54, 1.807) is 0 Å². The molecule has 0 fully saturated rings. The van der Waals surface area contributed by atoms with Crippen LogP contribution in [0.15, 0.2) is 206 Å². The van der Waals surface area contributed by atoms with Gasteiger partial charge in [-0.05, 0) is 69.9 Å². The van der Waals surface area contributed by atoms with Crippen molar-refractivity contribution in [2.75, 3.05) is 0 Å². The van der Waals surface area contributed by atoms with Gasteiger partial charge in [-0.2, -0.15) is 0 Å². The summed E-state index contributed by atoms with van der Waals surface area (Å²) < 4.78 is 5.01. The summed E-state index contributed by atoms with van der Waals surface area (Å²) in [7, 11) is 0. The van der Waals surface area contributed by atoms with Gasteiger partial charge in [0.2, 0.25) is 0 Å². The fraction of sp³-hybridized carbons (Fsp3) is 0. The first-order valence-corrected chi connectivity index (χ1v) is 21.0. The summed E-state index contributed by atoms with van der Waals surface area (Å²) in [5.74, 6) is 1.87. The molecule has 0 radical (unpaired) electrons. The lowest BCUT2D eigenvalue weighted by Crippen LogP contribution is -2.03. The van der Waals surface area contributed by atoms with Crippen LogP contribution in [-0.4, -0.2) is 19.5 Å². The lowest BCUT2D eigenvalue weighted by Gasteiger charge is -2.20. The first kappa shape index (κ1) is 34.3. The fourth-order valence-corrected chi connectivity index (χ4v) is 9.98. The molecule has 9 aromatic carbocycles. The van der Waals surface area contributed by atoms with Gasteiger partial charge in [-0.3, -0.25) is 0 Å². The van der Waals surface area contributed by atoms with Crippen molar-refractivity contribution in [3.8, 4) is 62.1 Å². The first-order chi connectivity index (χ1) is 29.7. The van der Waals surface area contributed by atoms with Crippen LogP contribution in [0.5, 0.6) is 0 Å². The average Bonchev–Trinajstić information content (AvgIpc) is 3.87. The van der Waals surface area contributed by atoms with E-state index < -0.39 is 0 Å². The van der Waals surface area contributed by atoms with E-state index in [-0.39, 0.29) is 0 Å². The molecule has 0 aliphatic rings. The SMILES string of the molecule is c1ccc(-c2nc(-c3cccc(-c4ccc5sc6ccccc6c5c4)c3)nc(-c3cc(-n4c5ccccc5c5ccccc54)c(-c4ccccc4)c4ccccc34)n2)cc1. The Morgan fingerprint density at radius 2 is 0.833 bits per heavy atom. The Morgan fingerprint density at radius 3 is 1.57 bits per heavy atom. The number of para-hydroxylation sites is 2. The molecule has 0 aliphatic heterocycles. The Hall–Kier alpha value is -7.73. The number of nitrogens with zero attached hydrogens (tertiary/aromatic N) is 4. The third kappa shape index (κ3) is 5.63. The molecule has 0 unspecified atom stereocenters. The van der Waals surface area contributed by atoms with Crippen LogP contribution in [-0.2, 0) is 0 Å². The van der Waals surface area contributed by atoms with E-state index in [1.165, 1.54) is 30.9 Å². The number of thiophene rings is 1. The third-order valence-corrected chi connectivity index (χ3v) is 12.8. The van der Waals surface area contributed by atoms with E-state index in [4.69, 9.17) is 15.0 Å². The molecule has 5 heteroatoms. The van der Waals surface area contributed by atoms with Crippen LogP contribution in [0, 0.1) is 0 Å². The Balaban J connectivity index is 1.11. The van der Waals surface area contributed by atoms with Crippen molar-refractivity contribution in [2.24, 2.45) is 0 Å². The van der Waals surface area contributed by atoms with Gasteiger partial charge in [-0.1, -0.05) is 164 Å². The van der Waals surface area contributed by atoms with Gasteiger partial charge < -0.3 is 4.57 Å². The minimum Gasteiger partial charge on any atom is -0.309 e. The van der Waals surface area contributed by atoms with E-state index in [1.807, 2.05) is 29.5 Å². The van der Waals surface area contributed by atoms with Crippen LogP contribution < -0.4 is 0 Å². The van der Waals surface area contributed by atoms with E-state index in [0.717, 1.165) is 66.4 Å². The minimum absolute atomic E-state index is 0.619. The monoisotopic (exact) mass is 782 g/mol. The molecule has 0 saturated heterocycles. The predicted octanol–water partition coefficient (Wildman–Crippen LogP) is 14.8. The van der Waals surface area contributed by atoms with Gasteiger partial charge >= 0.3 is 0 Å². The van der Waals surface area contributed by atoms with Gasteiger partial charge in [-0.15, -0.1) is 11.3 Å². The number of benzene rings is 9. The maximum atomic E-state index is 5.39. The molecule has 12 aromatic rings. The summed E-state index contributed by atoms with van der Waals surface area (Å²) in [5.41, 5.74) is 10.7. The topological polar surface area (TPSA) is 43.6 Å². The average molecular weight is 783 g/mol. The highest BCUT2D eigenvalue weighted by Crippen LogP contribution is 2.44. The van der Waals surface area contributed by atoms with E-state index >= 15 is 0 Å². The molecule has 3 heterocycles. The summed E-state index contributed by atoms with van der Waals surface area (Å²) in [6, 6.07) is 73.3. The lowest BCUT2D eigenvalue weighted by atomic mass is 9.92. The Morgan fingerprint density at radius 1 is 0.317 bits per heavy atom. The first-order valence-electron chi connectivity index (χ1n) is 20.2. The highest BCUT2D eigenvalue weighted by molar-refractivity contribution is 7.25. The second kappa shape index (κ2) is 14.0. The molecule has 0 bridgehead atoms. The number of hydrogen-bond donors (Lipinski definition) is 0. The molecule has 4 nitrogen and oxygen atoms in total. The zero-order valence-electron chi connectivity index (χ0n) is 32.3. The summed E-state index contributed by atoms with van der Waals surface area (Å²) >= 11 is 1.84. The highest BCUT2D eigenvalue weighted by Gasteiger charge is 2.22. The van der Waals surface area contributed by atoms with Crippen LogP contribution in [0.3, 0.4) is 0 Å². The predicted molar refractivity (Wildman–Crippen MR) is 252 cm³/mol.